The van der Waals surface area contributed by atoms with E-state index in [0.717, 1.165) is 48.2 Å². The average Bonchev–Trinajstić information content (AvgIpc) is 3.25. The van der Waals surface area contributed by atoms with Crippen molar-refractivity contribution in [3.05, 3.63) is 59.1 Å². The average molecular weight is 503 g/mol. The molecule has 1 aliphatic rings. The van der Waals surface area contributed by atoms with Crippen LogP contribution in [0.2, 0.25) is 5.02 Å². The number of likely N-dealkylation sites (tertiary alicyclic amines) is 1. The maximum absolute atomic E-state index is 12.9. The summed E-state index contributed by atoms with van der Waals surface area (Å²) in [7, 11) is -3.55. The predicted octanol–water partition coefficient (Wildman–Crippen LogP) is 4.20. The van der Waals surface area contributed by atoms with Gasteiger partial charge in [-0.25, -0.2) is 13.4 Å². The predicted molar refractivity (Wildman–Crippen MR) is 135 cm³/mol. The van der Waals surface area contributed by atoms with E-state index in [1.807, 2.05) is 13.1 Å². The minimum Gasteiger partial charge on any atom is -0.348 e. The van der Waals surface area contributed by atoms with Crippen LogP contribution in [-0.4, -0.2) is 65.5 Å². The van der Waals surface area contributed by atoms with E-state index in [0.29, 0.717) is 24.2 Å². The molecule has 1 saturated heterocycles. The fraction of sp³-hybridized carbons (Fsp3) is 0.440. The molecule has 7 nitrogen and oxygen atoms in total. The second kappa shape index (κ2) is 10.5. The maximum atomic E-state index is 12.9. The summed E-state index contributed by atoms with van der Waals surface area (Å²) in [6, 6.07) is 10.7. The van der Waals surface area contributed by atoms with Crippen molar-refractivity contribution in [2.24, 2.45) is 0 Å². The van der Waals surface area contributed by atoms with Crippen molar-refractivity contribution >= 4 is 38.1 Å². The first-order valence-electron chi connectivity index (χ1n) is 11.7. The third-order valence-electron chi connectivity index (χ3n) is 6.58. The van der Waals surface area contributed by atoms with Gasteiger partial charge in [0.15, 0.2) is 9.84 Å². The normalized spacial score (nSPS) is 15.4. The van der Waals surface area contributed by atoms with Crippen LogP contribution in [0.5, 0.6) is 0 Å². The third kappa shape index (κ3) is 5.79. The smallest absolute Gasteiger partial charge is 0.223 e. The minimum absolute atomic E-state index is 0.00427. The molecular weight excluding hydrogens is 472 g/mol. The highest BCUT2D eigenvalue weighted by atomic mass is 35.5. The Bertz CT molecular complexity index is 1270. The van der Waals surface area contributed by atoms with Gasteiger partial charge < -0.3 is 9.88 Å². The van der Waals surface area contributed by atoms with Crippen LogP contribution in [-0.2, 0) is 21.2 Å². The zero-order chi connectivity index (χ0) is 24.3. The fourth-order valence-corrected chi connectivity index (χ4v) is 6.06. The summed E-state index contributed by atoms with van der Waals surface area (Å²) in [6.07, 6.45) is 3.70. The van der Waals surface area contributed by atoms with Crippen LogP contribution in [0.1, 0.15) is 37.7 Å². The first-order valence-corrected chi connectivity index (χ1v) is 13.7. The first kappa shape index (κ1) is 24.7. The number of fused-ring (bicyclic) bond motifs is 1. The van der Waals surface area contributed by atoms with Gasteiger partial charge in [0.05, 0.1) is 16.3 Å². The summed E-state index contributed by atoms with van der Waals surface area (Å²) < 4.78 is 25.7. The summed E-state index contributed by atoms with van der Waals surface area (Å²) in [5.41, 5.74) is 1.03. The van der Waals surface area contributed by atoms with Crippen molar-refractivity contribution in [3.8, 4) is 0 Å². The molecule has 0 saturated carbocycles. The molecule has 0 spiro atoms. The number of carbonyl (C=O) groups excluding carboxylic acids is 1. The van der Waals surface area contributed by atoms with Crippen LogP contribution < -0.4 is 0 Å². The van der Waals surface area contributed by atoms with Gasteiger partial charge in [-0.15, -0.1) is 0 Å². The Morgan fingerprint density at radius 3 is 2.56 bits per heavy atom. The Morgan fingerprint density at radius 2 is 1.88 bits per heavy atom. The lowest BCUT2D eigenvalue weighted by Crippen LogP contribution is -2.46. The largest absolute Gasteiger partial charge is 0.348 e. The number of aromatic amines is 1. The molecule has 1 N–H and O–H groups in total. The Morgan fingerprint density at radius 1 is 1.18 bits per heavy atom. The van der Waals surface area contributed by atoms with Crippen molar-refractivity contribution in [1.82, 2.24) is 19.8 Å². The van der Waals surface area contributed by atoms with E-state index in [-0.39, 0.29) is 23.0 Å². The topological polar surface area (TPSA) is 86.4 Å². The van der Waals surface area contributed by atoms with Crippen LogP contribution in [0.3, 0.4) is 0 Å². The van der Waals surface area contributed by atoms with Crippen molar-refractivity contribution in [2.75, 3.05) is 25.4 Å². The molecule has 1 fully saturated rings. The first-order chi connectivity index (χ1) is 16.2. The van der Waals surface area contributed by atoms with Crippen molar-refractivity contribution in [1.29, 1.82) is 0 Å². The summed E-state index contributed by atoms with van der Waals surface area (Å²) in [6.45, 7) is 7.09. The molecule has 2 heterocycles. The molecule has 3 aromatic rings. The van der Waals surface area contributed by atoms with Gasteiger partial charge in [0.25, 0.3) is 0 Å². The van der Waals surface area contributed by atoms with Crippen LogP contribution in [0.25, 0.3) is 10.8 Å². The monoisotopic (exact) mass is 502 g/mol. The molecule has 1 amide bonds. The van der Waals surface area contributed by atoms with Gasteiger partial charge in [-0.05, 0) is 61.3 Å². The number of sulfone groups is 1. The lowest BCUT2D eigenvalue weighted by atomic mass is 10.0. The SMILES string of the molecule is CCN(Cc1c[nH]c(C)n1)C1CCN(C(=O)CCS(=O)(=O)c2ccc3cc(Cl)ccc3c2)CC1. The number of piperidine rings is 1. The highest BCUT2D eigenvalue weighted by Crippen LogP contribution is 2.24. The van der Waals surface area contributed by atoms with E-state index in [2.05, 4.69) is 21.8 Å². The fourth-order valence-electron chi connectivity index (χ4n) is 4.62. The van der Waals surface area contributed by atoms with E-state index in [4.69, 9.17) is 11.6 Å². The molecule has 1 aliphatic heterocycles. The number of aromatic nitrogens is 2. The number of amides is 1. The summed E-state index contributed by atoms with van der Waals surface area (Å²) in [4.78, 5) is 24.9. The molecule has 0 unspecified atom stereocenters. The van der Waals surface area contributed by atoms with E-state index in [9.17, 15) is 13.2 Å². The second-order valence-electron chi connectivity index (χ2n) is 8.87. The van der Waals surface area contributed by atoms with Gasteiger partial charge in [-0.2, -0.15) is 0 Å². The number of nitrogens with one attached hydrogen (secondary N) is 1. The number of hydrogen-bond acceptors (Lipinski definition) is 5. The van der Waals surface area contributed by atoms with Gasteiger partial charge in [-0.3, -0.25) is 9.69 Å². The standard InChI is InChI=1S/C25H31ClN4O3S/c1-3-29(17-22-16-27-18(2)28-22)23-8-11-30(12-9-23)25(31)10-13-34(32,33)24-7-5-19-14-21(26)6-4-20(19)15-24/h4-7,14-16,23H,3,8-13,17H2,1-2H3,(H,27,28). The lowest BCUT2D eigenvalue weighted by molar-refractivity contribution is -0.132. The number of aryl methyl sites for hydroxylation is 1. The summed E-state index contributed by atoms with van der Waals surface area (Å²) in [5, 5.41) is 2.30. The third-order valence-corrected chi connectivity index (χ3v) is 8.53. The molecule has 34 heavy (non-hydrogen) atoms. The van der Waals surface area contributed by atoms with E-state index in [1.54, 1.807) is 41.3 Å². The number of H-pyrrole nitrogens is 1. The zero-order valence-corrected chi connectivity index (χ0v) is 21.2. The van der Waals surface area contributed by atoms with Crippen LogP contribution in [0.15, 0.2) is 47.5 Å². The van der Waals surface area contributed by atoms with Crippen molar-refractivity contribution < 1.29 is 13.2 Å². The van der Waals surface area contributed by atoms with Crippen molar-refractivity contribution in [3.63, 3.8) is 0 Å². The van der Waals surface area contributed by atoms with E-state index < -0.39 is 9.84 Å². The molecule has 0 aliphatic carbocycles. The molecule has 4 rings (SSSR count). The van der Waals surface area contributed by atoms with Crippen molar-refractivity contribution in [2.45, 2.75) is 50.6 Å². The number of rotatable bonds is 8. The van der Waals surface area contributed by atoms with Gasteiger partial charge in [0.1, 0.15) is 5.82 Å². The Kier molecular flexibility index (Phi) is 7.60. The number of carbonyl (C=O) groups is 1. The van der Waals surface area contributed by atoms with Crippen LogP contribution in [0.4, 0.5) is 0 Å². The summed E-state index contributed by atoms with van der Waals surface area (Å²) in [5.74, 6) is 0.625. The highest BCUT2D eigenvalue weighted by Gasteiger charge is 2.27. The Hall–Kier alpha value is -2.42. The number of hydrogen-bond donors (Lipinski definition) is 1. The molecular formula is C25H31ClN4O3S. The van der Waals surface area contributed by atoms with Crippen LogP contribution >= 0.6 is 11.6 Å². The Balaban J connectivity index is 1.31. The van der Waals surface area contributed by atoms with Gasteiger partial charge in [0.2, 0.25) is 5.91 Å². The number of halogens is 1. The molecule has 0 bridgehead atoms. The molecule has 9 heteroatoms. The van der Waals surface area contributed by atoms with Gasteiger partial charge in [0, 0.05) is 43.3 Å². The van der Waals surface area contributed by atoms with Gasteiger partial charge >= 0.3 is 0 Å². The lowest BCUT2D eigenvalue weighted by Gasteiger charge is -2.38. The molecule has 182 valence electrons. The Labute approximate surface area is 206 Å². The zero-order valence-electron chi connectivity index (χ0n) is 19.6. The number of imidazole rings is 1. The van der Waals surface area contributed by atoms with E-state index in [1.165, 1.54) is 0 Å². The molecule has 1 aromatic heterocycles. The number of nitrogens with zero attached hydrogens (tertiary/aromatic N) is 3. The highest BCUT2D eigenvalue weighted by molar-refractivity contribution is 7.91. The maximum Gasteiger partial charge on any atom is 0.223 e. The second-order valence-corrected chi connectivity index (χ2v) is 11.4. The molecule has 0 radical (unpaired) electrons. The summed E-state index contributed by atoms with van der Waals surface area (Å²) >= 11 is 6.01. The van der Waals surface area contributed by atoms with E-state index >= 15 is 0 Å². The molecule has 2 aromatic carbocycles. The molecule has 0 atom stereocenters. The van der Waals surface area contributed by atoms with Gasteiger partial charge in [-0.1, -0.05) is 30.7 Å². The number of benzene rings is 2. The quantitative estimate of drug-likeness (QED) is 0.499. The minimum atomic E-state index is -3.55. The van der Waals surface area contributed by atoms with Crippen LogP contribution in [0, 0.1) is 6.92 Å².